The van der Waals surface area contributed by atoms with Gasteiger partial charge in [-0.2, -0.15) is 0 Å². The molecule has 0 aliphatic rings. The Morgan fingerprint density at radius 1 is 1.37 bits per heavy atom. The first-order valence-electron chi connectivity index (χ1n) is 5.95. The maximum Gasteiger partial charge on any atom is 0.173 e. The first-order valence-corrected chi connectivity index (χ1v) is 6.83. The number of aryl methyl sites for hydroxylation is 1. The monoisotopic (exact) mass is 276 g/mol. The Morgan fingerprint density at radius 2 is 2.21 bits per heavy atom. The van der Waals surface area contributed by atoms with Crippen LogP contribution in [0.25, 0.3) is 0 Å². The van der Waals surface area contributed by atoms with Gasteiger partial charge in [-0.25, -0.2) is 0 Å². The molecule has 0 radical (unpaired) electrons. The molecule has 0 atom stereocenters. The molecule has 4 nitrogen and oxygen atoms in total. The fourth-order valence-electron chi connectivity index (χ4n) is 1.81. The molecule has 2 rings (SSSR count). The number of nitrogens with zero attached hydrogens (tertiary/aromatic N) is 1. The van der Waals surface area contributed by atoms with Crippen molar-refractivity contribution in [3.63, 3.8) is 0 Å². The summed E-state index contributed by atoms with van der Waals surface area (Å²) in [5, 5.41) is 13.9. The fourth-order valence-corrected chi connectivity index (χ4v) is 2.50. The van der Waals surface area contributed by atoms with Gasteiger partial charge in [0, 0.05) is 11.3 Å². The van der Waals surface area contributed by atoms with Crippen LogP contribution in [-0.4, -0.2) is 17.6 Å². The number of amidine groups is 1. The number of thiophene rings is 1. The minimum atomic E-state index is 0.0647. The Kier molecular flexibility index (Phi) is 4.41. The van der Waals surface area contributed by atoms with Gasteiger partial charge in [0.05, 0.1) is 12.2 Å². The van der Waals surface area contributed by atoms with Crippen molar-refractivity contribution < 1.29 is 9.94 Å². The van der Waals surface area contributed by atoms with Gasteiger partial charge in [0.25, 0.3) is 0 Å². The molecular formula is C14H16N2O2S. The zero-order valence-corrected chi connectivity index (χ0v) is 11.5. The van der Waals surface area contributed by atoms with Crippen molar-refractivity contribution in [3.05, 3.63) is 51.7 Å². The second-order valence-electron chi connectivity index (χ2n) is 4.11. The molecule has 1 aromatic carbocycles. The average molecular weight is 276 g/mol. The fraction of sp³-hybridized carbons (Fsp3) is 0.214. The minimum absolute atomic E-state index is 0.0647. The molecule has 0 spiro atoms. The van der Waals surface area contributed by atoms with Gasteiger partial charge < -0.3 is 15.7 Å². The van der Waals surface area contributed by atoms with Crippen molar-refractivity contribution in [1.29, 1.82) is 0 Å². The van der Waals surface area contributed by atoms with Crippen molar-refractivity contribution in [2.45, 2.75) is 13.3 Å². The van der Waals surface area contributed by atoms with Crippen LogP contribution in [0.2, 0.25) is 0 Å². The van der Waals surface area contributed by atoms with E-state index in [0.717, 1.165) is 12.0 Å². The smallest absolute Gasteiger partial charge is 0.173 e. The van der Waals surface area contributed by atoms with Crippen LogP contribution in [0.15, 0.2) is 40.9 Å². The summed E-state index contributed by atoms with van der Waals surface area (Å²) in [5.74, 6) is 0.740. The highest BCUT2D eigenvalue weighted by atomic mass is 32.1. The highest BCUT2D eigenvalue weighted by Crippen LogP contribution is 2.23. The topological polar surface area (TPSA) is 67.8 Å². The number of oxime groups is 1. The van der Waals surface area contributed by atoms with Gasteiger partial charge >= 0.3 is 0 Å². The lowest BCUT2D eigenvalue weighted by atomic mass is 10.1. The highest BCUT2D eigenvalue weighted by Gasteiger charge is 2.10. The van der Waals surface area contributed by atoms with Gasteiger partial charge in [-0.1, -0.05) is 23.4 Å². The van der Waals surface area contributed by atoms with E-state index in [9.17, 15) is 0 Å². The number of hydrogen-bond acceptors (Lipinski definition) is 4. The van der Waals surface area contributed by atoms with E-state index in [2.05, 4.69) is 11.2 Å². The van der Waals surface area contributed by atoms with E-state index in [1.165, 1.54) is 4.88 Å². The summed E-state index contributed by atoms with van der Waals surface area (Å²) in [6, 6.07) is 9.68. The Labute approximate surface area is 116 Å². The molecule has 2 aromatic rings. The van der Waals surface area contributed by atoms with Gasteiger partial charge in [-0.15, -0.1) is 11.3 Å². The summed E-state index contributed by atoms with van der Waals surface area (Å²) in [6.45, 7) is 2.51. The molecule has 0 aliphatic carbocycles. The van der Waals surface area contributed by atoms with Gasteiger partial charge in [0.15, 0.2) is 5.84 Å². The predicted molar refractivity (Wildman–Crippen MR) is 77.2 cm³/mol. The normalized spacial score (nSPS) is 11.5. The number of rotatable bonds is 5. The molecule has 0 amide bonds. The molecular weight excluding hydrogens is 260 g/mol. The molecule has 1 aromatic heterocycles. The van der Waals surface area contributed by atoms with Crippen molar-refractivity contribution in [2.75, 3.05) is 6.61 Å². The maximum absolute atomic E-state index is 8.79. The van der Waals surface area contributed by atoms with Gasteiger partial charge in [-0.05, 0) is 30.0 Å². The third kappa shape index (κ3) is 3.26. The molecule has 3 N–H and O–H groups in total. The standard InChI is InChI=1S/C14H16N2O2S/c1-10-4-2-6-12(14(15)16-17)13(10)18-8-7-11-5-3-9-19-11/h2-6,9,17H,7-8H2,1H3,(H2,15,16). The summed E-state index contributed by atoms with van der Waals surface area (Å²) >= 11 is 1.71. The molecule has 0 bridgehead atoms. The molecule has 0 aliphatic heterocycles. The zero-order valence-electron chi connectivity index (χ0n) is 10.7. The maximum atomic E-state index is 8.79. The van der Waals surface area contributed by atoms with Crippen LogP contribution in [0.5, 0.6) is 5.75 Å². The Hall–Kier alpha value is -2.01. The van der Waals surface area contributed by atoms with E-state index in [1.807, 2.05) is 30.5 Å². The van der Waals surface area contributed by atoms with Crippen LogP contribution in [0.3, 0.4) is 0 Å². The summed E-state index contributed by atoms with van der Waals surface area (Å²) < 4.78 is 5.80. The third-order valence-corrected chi connectivity index (χ3v) is 3.71. The quantitative estimate of drug-likeness (QED) is 0.382. The zero-order chi connectivity index (χ0) is 13.7. The molecule has 100 valence electrons. The molecule has 0 saturated carbocycles. The second-order valence-corrected chi connectivity index (χ2v) is 5.15. The molecule has 5 heteroatoms. The van der Waals surface area contributed by atoms with Gasteiger partial charge in [-0.3, -0.25) is 0 Å². The number of hydrogen-bond donors (Lipinski definition) is 2. The molecule has 0 fully saturated rings. The summed E-state index contributed by atoms with van der Waals surface area (Å²) in [4.78, 5) is 1.28. The van der Waals surface area contributed by atoms with E-state index in [0.29, 0.717) is 17.9 Å². The lowest BCUT2D eigenvalue weighted by Crippen LogP contribution is -2.16. The van der Waals surface area contributed by atoms with Gasteiger partial charge in [0.1, 0.15) is 5.75 Å². The summed E-state index contributed by atoms with van der Waals surface area (Å²) in [7, 11) is 0. The van der Waals surface area contributed by atoms with Crippen LogP contribution in [-0.2, 0) is 6.42 Å². The van der Waals surface area contributed by atoms with Crippen LogP contribution >= 0.6 is 11.3 Å². The van der Waals surface area contributed by atoms with Crippen LogP contribution in [0, 0.1) is 6.92 Å². The van der Waals surface area contributed by atoms with Crippen LogP contribution in [0.4, 0.5) is 0 Å². The Balaban J connectivity index is 2.10. The van der Waals surface area contributed by atoms with Crippen LogP contribution < -0.4 is 10.5 Å². The predicted octanol–water partition coefficient (Wildman–Crippen LogP) is 2.77. The number of ether oxygens (including phenoxy) is 1. The van der Waals surface area contributed by atoms with E-state index in [1.54, 1.807) is 17.4 Å². The largest absolute Gasteiger partial charge is 0.492 e. The number of para-hydroxylation sites is 1. The lowest BCUT2D eigenvalue weighted by Gasteiger charge is -2.12. The Bertz CT molecular complexity index is 565. The van der Waals surface area contributed by atoms with Crippen molar-refractivity contribution in [1.82, 2.24) is 0 Å². The highest BCUT2D eigenvalue weighted by molar-refractivity contribution is 7.09. The first-order chi connectivity index (χ1) is 9.22. The van der Waals surface area contributed by atoms with Crippen molar-refractivity contribution >= 4 is 17.2 Å². The molecule has 0 unspecified atom stereocenters. The van der Waals surface area contributed by atoms with E-state index < -0.39 is 0 Å². The first kappa shape index (κ1) is 13.4. The number of benzene rings is 1. The van der Waals surface area contributed by atoms with Crippen molar-refractivity contribution in [2.24, 2.45) is 10.9 Å². The minimum Gasteiger partial charge on any atom is -0.492 e. The lowest BCUT2D eigenvalue weighted by molar-refractivity contribution is 0.313. The SMILES string of the molecule is Cc1cccc(/C(N)=N/O)c1OCCc1cccs1. The van der Waals surface area contributed by atoms with E-state index in [4.69, 9.17) is 15.7 Å². The molecule has 19 heavy (non-hydrogen) atoms. The van der Waals surface area contributed by atoms with Crippen molar-refractivity contribution in [3.8, 4) is 5.75 Å². The number of nitrogens with two attached hydrogens (primary N) is 1. The van der Waals surface area contributed by atoms with E-state index in [-0.39, 0.29) is 5.84 Å². The van der Waals surface area contributed by atoms with Gasteiger partial charge in [0.2, 0.25) is 0 Å². The molecule has 1 heterocycles. The van der Waals surface area contributed by atoms with Crippen LogP contribution in [0.1, 0.15) is 16.0 Å². The van der Waals surface area contributed by atoms with E-state index >= 15 is 0 Å². The summed E-state index contributed by atoms with van der Waals surface area (Å²) in [5.41, 5.74) is 7.24. The third-order valence-electron chi connectivity index (χ3n) is 2.77. The second kappa shape index (κ2) is 6.24. The Morgan fingerprint density at radius 3 is 2.89 bits per heavy atom. The summed E-state index contributed by atoms with van der Waals surface area (Å²) in [6.07, 6.45) is 0.849. The molecule has 0 saturated heterocycles. The average Bonchev–Trinajstić information content (AvgIpc) is 2.93.